The van der Waals surface area contributed by atoms with Crippen LogP contribution in [0.4, 0.5) is 0 Å². The lowest BCUT2D eigenvalue weighted by atomic mass is 9.59. The molecule has 0 spiro atoms. The molecule has 3 aliphatic carbocycles. The summed E-state index contributed by atoms with van der Waals surface area (Å²) in [5.74, 6) is 1.26. The van der Waals surface area contributed by atoms with Crippen molar-refractivity contribution in [3.63, 3.8) is 0 Å². The Morgan fingerprint density at radius 2 is 1.77 bits per heavy atom. The molecule has 7 atom stereocenters. The second-order valence-corrected chi connectivity index (χ2v) is 11.2. The molecule has 0 radical (unpaired) electrons. The first-order valence-electron chi connectivity index (χ1n) is 12.3. The summed E-state index contributed by atoms with van der Waals surface area (Å²) in [6.07, 6.45) is 14.4. The molecule has 3 fully saturated rings. The van der Waals surface area contributed by atoms with Gasteiger partial charge in [-0.2, -0.15) is 0 Å². The number of hydrogen-bond donors (Lipinski definition) is 3. The predicted molar refractivity (Wildman–Crippen MR) is 128 cm³/mol. The first-order chi connectivity index (χ1) is 14.5. The van der Waals surface area contributed by atoms with Gasteiger partial charge in [0.2, 0.25) is 0 Å². The van der Waals surface area contributed by atoms with Crippen LogP contribution in [0.3, 0.4) is 0 Å². The monoisotopic (exact) mass is 428 g/mol. The quantitative estimate of drug-likeness (QED) is 0.490. The van der Waals surface area contributed by atoms with Crippen LogP contribution in [0.2, 0.25) is 0 Å². The molecule has 31 heavy (non-hydrogen) atoms. The van der Waals surface area contributed by atoms with Crippen molar-refractivity contribution in [2.75, 3.05) is 0 Å². The lowest BCUT2D eigenvalue weighted by Crippen LogP contribution is -2.46. The van der Waals surface area contributed by atoms with E-state index in [1.165, 1.54) is 11.1 Å². The highest BCUT2D eigenvalue weighted by atomic mass is 16.3. The molecule has 3 N–H and O–H groups in total. The summed E-state index contributed by atoms with van der Waals surface area (Å²) in [6.45, 7) is 14.7. The Balaban J connectivity index is 1.82. The molecule has 3 heteroatoms. The molecule has 174 valence electrons. The zero-order valence-electron chi connectivity index (χ0n) is 20.3. The van der Waals surface area contributed by atoms with Crippen molar-refractivity contribution in [1.82, 2.24) is 0 Å². The van der Waals surface area contributed by atoms with Crippen molar-refractivity contribution in [2.45, 2.75) is 97.4 Å². The van der Waals surface area contributed by atoms with Gasteiger partial charge in [0.15, 0.2) is 0 Å². The summed E-state index contributed by atoms with van der Waals surface area (Å²) in [5, 5.41) is 31.8. The normalized spacial score (nSPS) is 40.0. The Bertz CT molecular complexity index is 756. The lowest BCUT2D eigenvalue weighted by molar-refractivity contribution is -0.0428. The van der Waals surface area contributed by atoms with Crippen molar-refractivity contribution < 1.29 is 15.3 Å². The standard InChI is InChI=1S/C28H44O3/c1-18(2)27(5,31)16-15-20(4)24-12-13-25-21(10-14-26(30)28(24,25)6)8-9-22-17-23(29)11-7-19(22)3/h8-9,15-16,18,20,23-26,29-31H,3,7,10-14,17H2,1-2,4-6H3/b16-15+,21-8+,22-9-/t20-,23+,24-,25?,26?,27-,28-/m1/s1. The molecule has 3 rings (SSSR count). The van der Waals surface area contributed by atoms with E-state index in [2.05, 4.69) is 38.7 Å². The first kappa shape index (κ1) is 24.5. The van der Waals surface area contributed by atoms with Crippen LogP contribution in [0.25, 0.3) is 0 Å². The summed E-state index contributed by atoms with van der Waals surface area (Å²) >= 11 is 0. The Labute approximate surface area is 189 Å². The maximum atomic E-state index is 11.1. The Kier molecular flexibility index (Phi) is 7.40. The Hall–Kier alpha value is -1.16. The fraction of sp³-hybridized carbons (Fsp3) is 0.714. The molecule has 0 aliphatic heterocycles. The van der Waals surface area contributed by atoms with Crippen LogP contribution in [0, 0.1) is 29.1 Å². The predicted octanol–water partition coefficient (Wildman–Crippen LogP) is 5.73. The number of aliphatic hydroxyl groups excluding tert-OH is 2. The van der Waals surface area contributed by atoms with E-state index in [1.54, 1.807) is 0 Å². The van der Waals surface area contributed by atoms with Crippen LogP contribution in [0.15, 0.2) is 47.6 Å². The molecule has 0 heterocycles. The van der Waals surface area contributed by atoms with Crippen LogP contribution >= 0.6 is 0 Å². The van der Waals surface area contributed by atoms with Crippen LogP contribution in [0.5, 0.6) is 0 Å². The number of aliphatic hydroxyl groups is 3. The topological polar surface area (TPSA) is 60.7 Å². The van der Waals surface area contributed by atoms with Gasteiger partial charge in [0.25, 0.3) is 0 Å². The van der Waals surface area contributed by atoms with Gasteiger partial charge >= 0.3 is 0 Å². The fourth-order valence-corrected chi connectivity index (χ4v) is 6.18. The van der Waals surface area contributed by atoms with E-state index in [9.17, 15) is 15.3 Å². The minimum atomic E-state index is -0.803. The average Bonchev–Trinajstić information content (AvgIpc) is 3.07. The van der Waals surface area contributed by atoms with E-state index in [1.807, 2.05) is 26.8 Å². The van der Waals surface area contributed by atoms with Gasteiger partial charge in [-0.25, -0.2) is 0 Å². The lowest BCUT2D eigenvalue weighted by Gasteiger charge is -2.47. The third-order valence-corrected chi connectivity index (χ3v) is 8.92. The molecule has 0 saturated heterocycles. The van der Waals surface area contributed by atoms with E-state index >= 15 is 0 Å². The SMILES string of the molecule is C=C1CC[C@H](O)C/C1=C/C=C1\CCC(O)[C@@]2(C)C1CC[C@@H]2[C@H](C)/C=C/[C@@](C)(O)C(C)C. The summed E-state index contributed by atoms with van der Waals surface area (Å²) in [4.78, 5) is 0. The van der Waals surface area contributed by atoms with E-state index in [0.29, 0.717) is 24.2 Å². The fourth-order valence-electron chi connectivity index (χ4n) is 6.18. The molecule has 0 aromatic heterocycles. The van der Waals surface area contributed by atoms with Gasteiger partial charge in [-0.3, -0.25) is 0 Å². The van der Waals surface area contributed by atoms with Gasteiger partial charge in [0, 0.05) is 5.41 Å². The van der Waals surface area contributed by atoms with Gasteiger partial charge in [0.1, 0.15) is 0 Å². The van der Waals surface area contributed by atoms with Crippen molar-refractivity contribution in [3.8, 4) is 0 Å². The number of hydrogen-bond acceptors (Lipinski definition) is 3. The highest BCUT2D eigenvalue weighted by Gasteiger charge is 2.55. The third-order valence-electron chi connectivity index (χ3n) is 8.92. The number of rotatable bonds is 5. The summed E-state index contributed by atoms with van der Waals surface area (Å²) in [6, 6.07) is 0. The molecule has 3 aliphatic rings. The van der Waals surface area contributed by atoms with Crippen molar-refractivity contribution in [1.29, 1.82) is 0 Å². The van der Waals surface area contributed by atoms with Gasteiger partial charge in [-0.15, -0.1) is 0 Å². The highest BCUT2D eigenvalue weighted by molar-refractivity contribution is 5.36. The molecular weight excluding hydrogens is 384 g/mol. The van der Waals surface area contributed by atoms with Gasteiger partial charge in [-0.1, -0.05) is 69.7 Å². The van der Waals surface area contributed by atoms with E-state index in [-0.39, 0.29) is 23.5 Å². The molecule has 0 aromatic carbocycles. The Morgan fingerprint density at radius 1 is 1.06 bits per heavy atom. The molecule has 0 bridgehead atoms. The summed E-state index contributed by atoms with van der Waals surface area (Å²) < 4.78 is 0. The first-order valence-corrected chi connectivity index (χ1v) is 12.3. The second-order valence-electron chi connectivity index (χ2n) is 11.2. The van der Waals surface area contributed by atoms with E-state index in [4.69, 9.17) is 0 Å². The molecular formula is C28H44O3. The largest absolute Gasteiger partial charge is 0.393 e. The average molecular weight is 429 g/mol. The third kappa shape index (κ3) is 4.94. The maximum Gasteiger partial charge on any atom is 0.0822 e. The molecule has 3 nitrogen and oxygen atoms in total. The van der Waals surface area contributed by atoms with Crippen molar-refractivity contribution in [3.05, 3.63) is 47.6 Å². The van der Waals surface area contributed by atoms with Crippen LogP contribution in [-0.2, 0) is 0 Å². The van der Waals surface area contributed by atoms with Crippen molar-refractivity contribution >= 4 is 0 Å². The smallest absolute Gasteiger partial charge is 0.0822 e. The van der Waals surface area contributed by atoms with Gasteiger partial charge in [-0.05, 0) is 81.1 Å². The van der Waals surface area contributed by atoms with Crippen LogP contribution in [-0.4, -0.2) is 33.1 Å². The summed E-state index contributed by atoms with van der Waals surface area (Å²) in [5.41, 5.74) is 2.84. The Morgan fingerprint density at radius 3 is 2.45 bits per heavy atom. The van der Waals surface area contributed by atoms with Crippen LogP contribution < -0.4 is 0 Å². The number of fused-ring (bicyclic) bond motifs is 1. The minimum Gasteiger partial charge on any atom is -0.393 e. The number of allylic oxidation sites excluding steroid dienone is 5. The highest BCUT2D eigenvalue weighted by Crippen LogP contribution is 2.59. The van der Waals surface area contributed by atoms with Crippen molar-refractivity contribution in [2.24, 2.45) is 29.1 Å². The molecule has 0 amide bonds. The molecule has 2 unspecified atom stereocenters. The minimum absolute atomic E-state index is 0.140. The molecule has 3 saturated carbocycles. The van der Waals surface area contributed by atoms with E-state index < -0.39 is 5.60 Å². The second kappa shape index (κ2) is 9.37. The molecule has 0 aromatic rings. The van der Waals surface area contributed by atoms with Crippen LogP contribution in [0.1, 0.15) is 79.6 Å². The van der Waals surface area contributed by atoms with Gasteiger partial charge in [0.05, 0.1) is 17.8 Å². The zero-order valence-corrected chi connectivity index (χ0v) is 20.3. The van der Waals surface area contributed by atoms with Gasteiger partial charge < -0.3 is 15.3 Å². The van der Waals surface area contributed by atoms with E-state index in [0.717, 1.165) is 44.1 Å². The maximum absolute atomic E-state index is 11.1. The zero-order chi connectivity index (χ0) is 23.0. The summed E-state index contributed by atoms with van der Waals surface area (Å²) in [7, 11) is 0.